The molecule has 0 unspecified atom stereocenters. The van der Waals surface area contributed by atoms with E-state index < -0.39 is 17.6 Å². The maximum Gasteiger partial charge on any atom is 0.407 e. The van der Waals surface area contributed by atoms with Crippen LogP contribution in [0.2, 0.25) is 5.02 Å². The molecule has 2 amide bonds. The van der Waals surface area contributed by atoms with E-state index in [0.29, 0.717) is 12.4 Å². The Kier molecular flexibility index (Phi) is 9.59. The molecule has 7 nitrogen and oxygen atoms in total. The van der Waals surface area contributed by atoms with Gasteiger partial charge in [-0.1, -0.05) is 72.3 Å². The summed E-state index contributed by atoms with van der Waals surface area (Å²) in [5.74, 6) is 0.323. The van der Waals surface area contributed by atoms with Crippen LogP contribution in [0, 0.1) is 0 Å². The number of benzene rings is 3. The first-order chi connectivity index (χ1) is 17.2. The molecule has 0 atom stereocenters. The SMILES string of the molecule is CC(C)(C)OC(=O)NCCNC(=O)c1ccc(OCc2ccccc2)c(OCc2ccccc2)c1Cl. The van der Waals surface area contributed by atoms with Crippen LogP contribution in [0.5, 0.6) is 11.5 Å². The van der Waals surface area contributed by atoms with Crippen LogP contribution in [0.4, 0.5) is 4.79 Å². The zero-order valence-corrected chi connectivity index (χ0v) is 21.4. The lowest BCUT2D eigenvalue weighted by Gasteiger charge is -2.19. The number of ether oxygens (including phenoxy) is 3. The summed E-state index contributed by atoms with van der Waals surface area (Å²) in [6.45, 7) is 6.31. The molecule has 0 aliphatic heterocycles. The standard InChI is InChI=1S/C28H31ClN2O5/c1-28(2,3)36-27(33)31-17-16-30-26(32)22-14-15-23(34-18-20-10-6-4-7-11-20)25(24(22)29)35-19-21-12-8-5-9-13-21/h4-15H,16-19H2,1-3H3,(H,30,32)(H,31,33). The summed E-state index contributed by atoms with van der Waals surface area (Å²) in [5, 5.41) is 5.49. The van der Waals surface area contributed by atoms with Gasteiger partial charge in [0.25, 0.3) is 5.91 Å². The van der Waals surface area contributed by atoms with Crippen LogP contribution in [-0.2, 0) is 18.0 Å². The van der Waals surface area contributed by atoms with Gasteiger partial charge in [-0.2, -0.15) is 0 Å². The summed E-state index contributed by atoms with van der Waals surface area (Å²) in [6.07, 6.45) is -0.550. The molecule has 36 heavy (non-hydrogen) atoms. The number of hydrogen-bond acceptors (Lipinski definition) is 5. The van der Waals surface area contributed by atoms with Gasteiger partial charge in [0, 0.05) is 13.1 Å². The predicted octanol–water partition coefficient (Wildman–Crippen LogP) is 5.75. The number of nitrogens with one attached hydrogen (secondary N) is 2. The third-order valence-corrected chi connectivity index (χ3v) is 5.22. The number of rotatable bonds is 10. The highest BCUT2D eigenvalue weighted by atomic mass is 35.5. The van der Waals surface area contributed by atoms with Crippen molar-refractivity contribution < 1.29 is 23.8 Å². The van der Waals surface area contributed by atoms with Crippen molar-refractivity contribution >= 4 is 23.6 Å². The second-order valence-corrected chi connectivity index (χ2v) is 9.37. The zero-order chi connectivity index (χ0) is 26.0. The Morgan fingerprint density at radius 3 is 1.92 bits per heavy atom. The van der Waals surface area contributed by atoms with Gasteiger partial charge in [0.2, 0.25) is 0 Å². The van der Waals surface area contributed by atoms with Gasteiger partial charge in [0.15, 0.2) is 11.5 Å². The van der Waals surface area contributed by atoms with Crippen molar-refractivity contribution in [3.05, 3.63) is 94.5 Å². The molecule has 190 valence electrons. The van der Waals surface area contributed by atoms with E-state index in [-0.39, 0.29) is 36.0 Å². The fourth-order valence-electron chi connectivity index (χ4n) is 3.18. The average molecular weight is 511 g/mol. The van der Waals surface area contributed by atoms with Crippen LogP contribution in [0.25, 0.3) is 0 Å². The van der Waals surface area contributed by atoms with E-state index in [9.17, 15) is 9.59 Å². The lowest BCUT2D eigenvalue weighted by molar-refractivity contribution is 0.0526. The van der Waals surface area contributed by atoms with Crippen molar-refractivity contribution in [2.24, 2.45) is 0 Å². The minimum Gasteiger partial charge on any atom is -0.485 e. The number of hydrogen-bond donors (Lipinski definition) is 2. The summed E-state index contributed by atoms with van der Waals surface area (Å²) in [5.41, 5.74) is 1.58. The second kappa shape index (κ2) is 12.8. The molecular formula is C28H31ClN2O5. The maximum absolute atomic E-state index is 12.8. The largest absolute Gasteiger partial charge is 0.485 e. The fourth-order valence-corrected chi connectivity index (χ4v) is 3.47. The molecule has 0 heterocycles. The highest BCUT2D eigenvalue weighted by Crippen LogP contribution is 2.38. The van der Waals surface area contributed by atoms with Crippen molar-refractivity contribution in [2.45, 2.75) is 39.6 Å². The molecule has 0 aliphatic rings. The quantitative estimate of drug-likeness (QED) is 0.339. The van der Waals surface area contributed by atoms with E-state index in [1.807, 2.05) is 60.7 Å². The lowest BCUT2D eigenvalue weighted by Crippen LogP contribution is -2.37. The molecule has 0 aromatic heterocycles. The van der Waals surface area contributed by atoms with E-state index >= 15 is 0 Å². The molecule has 0 saturated carbocycles. The Balaban J connectivity index is 1.68. The zero-order valence-electron chi connectivity index (χ0n) is 20.7. The maximum atomic E-state index is 12.8. The van der Waals surface area contributed by atoms with Gasteiger partial charge >= 0.3 is 6.09 Å². The molecule has 0 saturated heterocycles. The van der Waals surface area contributed by atoms with Gasteiger partial charge in [-0.15, -0.1) is 0 Å². The van der Waals surface area contributed by atoms with Crippen LogP contribution in [0.1, 0.15) is 42.3 Å². The first-order valence-electron chi connectivity index (χ1n) is 11.6. The minimum atomic E-state index is -0.596. The Morgan fingerprint density at radius 2 is 1.33 bits per heavy atom. The van der Waals surface area contributed by atoms with Crippen molar-refractivity contribution in [1.82, 2.24) is 10.6 Å². The number of carbonyl (C=O) groups is 2. The normalized spacial score (nSPS) is 10.9. The van der Waals surface area contributed by atoms with Crippen LogP contribution in [0.3, 0.4) is 0 Å². The summed E-state index contributed by atoms with van der Waals surface area (Å²) in [6, 6.07) is 22.6. The third-order valence-electron chi connectivity index (χ3n) is 4.85. The smallest absolute Gasteiger partial charge is 0.407 e. The highest BCUT2D eigenvalue weighted by Gasteiger charge is 2.20. The molecule has 2 N–H and O–H groups in total. The summed E-state index contributed by atoms with van der Waals surface area (Å²) in [7, 11) is 0. The molecule has 0 bridgehead atoms. The van der Waals surface area contributed by atoms with Crippen LogP contribution < -0.4 is 20.1 Å². The van der Waals surface area contributed by atoms with Gasteiger partial charge in [0.1, 0.15) is 18.8 Å². The predicted molar refractivity (Wildman–Crippen MR) is 140 cm³/mol. The molecule has 3 rings (SSSR count). The molecule has 0 aliphatic carbocycles. The van der Waals surface area contributed by atoms with Gasteiger partial charge in [-0.25, -0.2) is 4.79 Å². The summed E-state index contributed by atoms with van der Waals surface area (Å²) >= 11 is 6.64. The Labute approximate surface area is 216 Å². The van der Waals surface area contributed by atoms with Crippen molar-refractivity contribution in [1.29, 1.82) is 0 Å². The number of halogens is 1. The van der Waals surface area contributed by atoms with E-state index in [1.54, 1.807) is 32.9 Å². The molecule has 0 spiro atoms. The fraction of sp³-hybridized carbons (Fsp3) is 0.286. The van der Waals surface area contributed by atoms with Gasteiger partial charge in [-0.05, 0) is 44.0 Å². The Hall–Kier alpha value is -3.71. The van der Waals surface area contributed by atoms with E-state index in [1.165, 1.54) is 0 Å². The summed E-state index contributed by atoms with van der Waals surface area (Å²) < 4.78 is 17.2. The van der Waals surface area contributed by atoms with Crippen molar-refractivity contribution in [3.63, 3.8) is 0 Å². The summed E-state index contributed by atoms with van der Waals surface area (Å²) in [4.78, 5) is 24.6. The molecule has 0 radical (unpaired) electrons. The molecule has 3 aromatic carbocycles. The van der Waals surface area contributed by atoms with E-state index in [0.717, 1.165) is 11.1 Å². The lowest BCUT2D eigenvalue weighted by atomic mass is 10.1. The monoisotopic (exact) mass is 510 g/mol. The third kappa shape index (κ3) is 8.50. The van der Waals surface area contributed by atoms with Crippen molar-refractivity contribution in [3.8, 4) is 11.5 Å². The van der Waals surface area contributed by atoms with E-state index in [2.05, 4.69) is 10.6 Å². The van der Waals surface area contributed by atoms with E-state index in [4.69, 9.17) is 25.8 Å². The Bertz CT molecular complexity index is 1150. The number of amides is 2. The number of carbonyl (C=O) groups excluding carboxylic acids is 2. The first kappa shape index (κ1) is 26.9. The Morgan fingerprint density at radius 1 is 0.778 bits per heavy atom. The van der Waals surface area contributed by atoms with Gasteiger partial charge in [0.05, 0.1) is 10.6 Å². The van der Waals surface area contributed by atoms with Crippen LogP contribution in [-0.4, -0.2) is 30.7 Å². The number of alkyl carbamates (subject to hydrolysis) is 1. The van der Waals surface area contributed by atoms with Crippen LogP contribution >= 0.6 is 11.6 Å². The minimum absolute atomic E-state index is 0.147. The van der Waals surface area contributed by atoms with Crippen LogP contribution in [0.15, 0.2) is 72.8 Å². The van der Waals surface area contributed by atoms with Crippen molar-refractivity contribution in [2.75, 3.05) is 13.1 Å². The van der Waals surface area contributed by atoms with Gasteiger partial charge in [-0.3, -0.25) is 4.79 Å². The molecular weight excluding hydrogens is 480 g/mol. The first-order valence-corrected chi connectivity index (χ1v) is 12.0. The molecule has 0 fully saturated rings. The average Bonchev–Trinajstić information content (AvgIpc) is 2.85. The second-order valence-electron chi connectivity index (χ2n) is 8.99. The van der Waals surface area contributed by atoms with Gasteiger partial charge < -0.3 is 24.8 Å². The molecule has 8 heteroatoms. The molecule has 3 aromatic rings. The highest BCUT2D eigenvalue weighted by molar-refractivity contribution is 6.35. The topological polar surface area (TPSA) is 85.9 Å².